The lowest BCUT2D eigenvalue weighted by atomic mass is 9.94. The van der Waals surface area contributed by atoms with Gasteiger partial charge < -0.3 is 9.84 Å². The lowest BCUT2D eigenvalue weighted by molar-refractivity contribution is 0.200. The quantitative estimate of drug-likeness (QED) is 0.824. The van der Waals surface area contributed by atoms with Crippen LogP contribution in [-0.2, 0) is 0 Å². The molecule has 15 heavy (non-hydrogen) atoms. The van der Waals surface area contributed by atoms with E-state index in [9.17, 15) is 0 Å². The first kappa shape index (κ1) is 12.1. The fourth-order valence-electron chi connectivity index (χ4n) is 1.75. The summed E-state index contributed by atoms with van der Waals surface area (Å²) in [6.45, 7) is 8.99. The second-order valence-corrected chi connectivity index (χ2v) is 4.13. The second kappa shape index (κ2) is 5.17. The highest BCUT2D eigenvalue weighted by Crippen LogP contribution is 2.28. The van der Waals surface area contributed by atoms with Crippen molar-refractivity contribution in [3.63, 3.8) is 0 Å². The van der Waals surface area contributed by atoms with Crippen molar-refractivity contribution in [1.29, 1.82) is 0 Å². The first-order valence-corrected chi connectivity index (χ1v) is 5.41. The molecule has 1 N–H and O–H groups in total. The Morgan fingerprint density at radius 1 is 1.20 bits per heavy atom. The van der Waals surface area contributed by atoms with Crippen molar-refractivity contribution in [2.75, 3.05) is 13.2 Å². The van der Waals surface area contributed by atoms with Crippen LogP contribution in [0.3, 0.4) is 0 Å². The smallest absolute Gasteiger partial charge is 0.122 e. The fourth-order valence-corrected chi connectivity index (χ4v) is 1.75. The Hall–Kier alpha value is -1.02. The van der Waals surface area contributed by atoms with Crippen molar-refractivity contribution in [2.24, 2.45) is 0 Å². The fraction of sp³-hybridized carbons (Fsp3) is 0.538. The monoisotopic (exact) mass is 208 g/mol. The summed E-state index contributed by atoms with van der Waals surface area (Å²) in [6.07, 6.45) is 0. The number of aliphatic hydroxyl groups excluding tert-OH is 1. The van der Waals surface area contributed by atoms with E-state index in [1.807, 2.05) is 6.07 Å². The molecule has 0 unspecified atom stereocenters. The van der Waals surface area contributed by atoms with Gasteiger partial charge in [0.1, 0.15) is 12.4 Å². The van der Waals surface area contributed by atoms with Crippen LogP contribution in [-0.4, -0.2) is 18.3 Å². The molecule has 0 aromatic heterocycles. The normalized spacial score (nSPS) is 10.8. The van der Waals surface area contributed by atoms with E-state index in [1.165, 1.54) is 16.7 Å². The van der Waals surface area contributed by atoms with E-state index >= 15 is 0 Å². The van der Waals surface area contributed by atoms with Crippen LogP contribution in [0.4, 0.5) is 0 Å². The maximum Gasteiger partial charge on any atom is 0.122 e. The van der Waals surface area contributed by atoms with Gasteiger partial charge in [0.05, 0.1) is 6.61 Å². The lowest BCUT2D eigenvalue weighted by Crippen LogP contribution is -2.04. The summed E-state index contributed by atoms with van der Waals surface area (Å²) in [7, 11) is 0. The average molecular weight is 208 g/mol. The van der Waals surface area contributed by atoms with Gasteiger partial charge in [-0.05, 0) is 42.5 Å². The zero-order chi connectivity index (χ0) is 11.4. The Morgan fingerprint density at radius 3 is 2.40 bits per heavy atom. The van der Waals surface area contributed by atoms with Gasteiger partial charge in [-0.1, -0.05) is 19.9 Å². The zero-order valence-corrected chi connectivity index (χ0v) is 10.0. The molecule has 84 valence electrons. The van der Waals surface area contributed by atoms with Gasteiger partial charge in [0.2, 0.25) is 0 Å². The van der Waals surface area contributed by atoms with Gasteiger partial charge in [0.15, 0.2) is 0 Å². The third-order valence-electron chi connectivity index (χ3n) is 2.75. The molecule has 0 aliphatic heterocycles. The van der Waals surface area contributed by atoms with Gasteiger partial charge in [-0.2, -0.15) is 0 Å². The lowest BCUT2D eigenvalue weighted by Gasteiger charge is -2.15. The summed E-state index contributed by atoms with van der Waals surface area (Å²) < 4.78 is 5.45. The molecular weight excluding hydrogens is 188 g/mol. The number of rotatable bonds is 4. The molecule has 1 aromatic carbocycles. The molecule has 0 heterocycles. The molecule has 2 nitrogen and oxygen atoms in total. The van der Waals surface area contributed by atoms with Crippen LogP contribution in [0.5, 0.6) is 5.75 Å². The molecule has 0 amide bonds. The van der Waals surface area contributed by atoms with Crippen LogP contribution in [0, 0.1) is 13.8 Å². The van der Waals surface area contributed by atoms with Crippen LogP contribution < -0.4 is 4.74 Å². The molecule has 0 saturated heterocycles. The van der Waals surface area contributed by atoms with Crippen molar-refractivity contribution in [2.45, 2.75) is 33.6 Å². The summed E-state index contributed by atoms with van der Waals surface area (Å²) in [6, 6.07) is 4.10. The van der Waals surface area contributed by atoms with Crippen molar-refractivity contribution < 1.29 is 9.84 Å². The summed E-state index contributed by atoms with van der Waals surface area (Å²) in [5.41, 5.74) is 3.83. The van der Waals surface area contributed by atoms with Crippen LogP contribution in [0.25, 0.3) is 0 Å². The largest absolute Gasteiger partial charge is 0.491 e. The SMILES string of the molecule is Cc1c(OCCO)ccc(C(C)C)c1C. The van der Waals surface area contributed by atoms with E-state index in [0.717, 1.165) is 5.75 Å². The predicted octanol–water partition coefficient (Wildman–Crippen LogP) is 2.80. The van der Waals surface area contributed by atoms with Gasteiger partial charge in [0.25, 0.3) is 0 Å². The van der Waals surface area contributed by atoms with Crippen molar-refractivity contribution in [3.8, 4) is 5.75 Å². The number of aliphatic hydroxyl groups is 1. The number of benzene rings is 1. The minimum atomic E-state index is 0.0599. The standard InChI is InChI=1S/C13H20O2/c1-9(2)12-5-6-13(15-8-7-14)11(4)10(12)3/h5-6,9,14H,7-8H2,1-4H3. The Kier molecular flexibility index (Phi) is 4.15. The van der Waals surface area contributed by atoms with E-state index in [2.05, 4.69) is 33.8 Å². The second-order valence-electron chi connectivity index (χ2n) is 4.13. The van der Waals surface area contributed by atoms with E-state index < -0.39 is 0 Å². The zero-order valence-electron chi connectivity index (χ0n) is 10.0. The molecule has 1 rings (SSSR count). The van der Waals surface area contributed by atoms with E-state index in [0.29, 0.717) is 12.5 Å². The van der Waals surface area contributed by atoms with E-state index in [1.54, 1.807) is 0 Å². The maximum absolute atomic E-state index is 8.71. The molecule has 0 saturated carbocycles. The molecule has 0 atom stereocenters. The summed E-state index contributed by atoms with van der Waals surface area (Å²) in [4.78, 5) is 0. The molecule has 0 radical (unpaired) electrons. The van der Waals surface area contributed by atoms with E-state index in [-0.39, 0.29) is 6.61 Å². The third-order valence-corrected chi connectivity index (χ3v) is 2.75. The molecule has 0 bridgehead atoms. The van der Waals surface area contributed by atoms with E-state index in [4.69, 9.17) is 9.84 Å². The van der Waals surface area contributed by atoms with Crippen molar-refractivity contribution in [1.82, 2.24) is 0 Å². The molecule has 1 aromatic rings. The van der Waals surface area contributed by atoms with Crippen molar-refractivity contribution in [3.05, 3.63) is 28.8 Å². The first-order valence-electron chi connectivity index (χ1n) is 5.41. The average Bonchev–Trinajstić information content (AvgIpc) is 2.20. The Balaban J connectivity index is 2.99. The summed E-state index contributed by atoms with van der Waals surface area (Å²) in [5.74, 6) is 1.42. The third kappa shape index (κ3) is 2.72. The highest BCUT2D eigenvalue weighted by molar-refractivity contribution is 5.44. The highest BCUT2D eigenvalue weighted by Gasteiger charge is 2.09. The predicted molar refractivity (Wildman–Crippen MR) is 62.6 cm³/mol. The Bertz CT molecular complexity index is 330. The summed E-state index contributed by atoms with van der Waals surface area (Å²) in [5, 5.41) is 8.71. The first-order chi connectivity index (χ1) is 7.07. The molecule has 2 heteroatoms. The Labute approximate surface area is 91.9 Å². The number of ether oxygens (including phenoxy) is 1. The molecule has 0 fully saturated rings. The maximum atomic E-state index is 8.71. The van der Waals surface area contributed by atoms with Crippen LogP contribution in [0.15, 0.2) is 12.1 Å². The minimum Gasteiger partial charge on any atom is -0.491 e. The van der Waals surface area contributed by atoms with Crippen molar-refractivity contribution >= 4 is 0 Å². The van der Waals surface area contributed by atoms with Crippen LogP contribution in [0.1, 0.15) is 36.5 Å². The summed E-state index contributed by atoms with van der Waals surface area (Å²) >= 11 is 0. The molecule has 0 aliphatic rings. The van der Waals surface area contributed by atoms with Gasteiger partial charge in [-0.15, -0.1) is 0 Å². The Morgan fingerprint density at radius 2 is 1.87 bits per heavy atom. The van der Waals surface area contributed by atoms with Crippen LogP contribution in [0.2, 0.25) is 0 Å². The van der Waals surface area contributed by atoms with Gasteiger partial charge in [-0.3, -0.25) is 0 Å². The van der Waals surface area contributed by atoms with Crippen LogP contribution >= 0.6 is 0 Å². The topological polar surface area (TPSA) is 29.5 Å². The molecule has 0 aliphatic carbocycles. The molecular formula is C13H20O2. The number of hydrogen-bond donors (Lipinski definition) is 1. The minimum absolute atomic E-state index is 0.0599. The van der Waals surface area contributed by atoms with Gasteiger partial charge >= 0.3 is 0 Å². The van der Waals surface area contributed by atoms with Gasteiger partial charge in [0, 0.05) is 0 Å². The molecule has 0 spiro atoms. The number of hydrogen-bond acceptors (Lipinski definition) is 2. The highest BCUT2D eigenvalue weighted by atomic mass is 16.5. The van der Waals surface area contributed by atoms with Gasteiger partial charge in [-0.25, -0.2) is 0 Å².